The number of thiazole rings is 1. The molecule has 0 aromatic carbocycles. The minimum atomic E-state index is -3.85. The summed E-state index contributed by atoms with van der Waals surface area (Å²) in [4.78, 5) is 31.2. The first-order valence-corrected chi connectivity index (χ1v) is 13.1. The number of likely N-dealkylation sites (tertiary alicyclic amines) is 1. The van der Waals surface area contributed by atoms with Gasteiger partial charge in [0.05, 0.1) is 17.3 Å². The molecule has 0 bridgehead atoms. The molecule has 2 fully saturated rings. The highest BCUT2D eigenvalue weighted by Gasteiger charge is 2.37. The van der Waals surface area contributed by atoms with Crippen LogP contribution in [0.25, 0.3) is 0 Å². The van der Waals surface area contributed by atoms with Gasteiger partial charge in [0.1, 0.15) is 11.4 Å². The third kappa shape index (κ3) is 4.57. The van der Waals surface area contributed by atoms with Crippen LogP contribution in [-0.2, 0) is 26.2 Å². The van der Waals surface area contributed by atoms with Gasteiger partial charge in [0.2, 0.25) is 21.8 Å². The quantitative estimate of drug-likeness (QED) is 0.671. The normalized spacial score (nSPS) is 19.9. The zero-order valence-electron chi connectivity index (χ0n) is 18.3. The lowest BCUT2D eigenvalue weighted by molar-refractivity contribution is -0.131. The van der Waals surface area contributed by atoms with Crippen LogP contribution >= 0.6 is 11.3 Å². The van der Waals surface area contributed by atoms with E-state index in [1.807, 2.05) is 0 Å². The molecule has 0 saturated carbocycles. The van der Waals surface area contributed by atoms with E-state index in [2.05, 4.69) is 15.4 Å². The van der Waals surface area contributed by atoms with Crippen molar-refractivity contribution in [2.24, 2.45) is 5.92 Å². The van der Waals surface area contributed by atoms with E-state index in [0.717, 1.165) is 25.9 Å². The number of nitrogens with one attached hydrogen (secondary N) is 1. The van der Waals surface area contributed by atoms with E-state index >= 15 is 0 Å². The average Bonchev–Trinajstić information content (AvgIpc) is 3.51. The van der Waals surface area contributed by atoms with Gasteiger partial charge in [-0.1, -0.05) is 0 Å². The predicted molar refractivity (Wildman–Crippen MR) is 120 cm³/mol. The molecular weight excluding hydrogens is 452 g/mol. The molecule has 2 amide bonds. The third-order valence-electron chi connectivity index (χ3n) is 6.07. The second kappa shape index (κ2) is 9.28. The van der Waals surface area contributed by atoms with Gasteiger partial charge in [-0.25, -0.2) is 13.4 Å². The van der Waals surface area contributed by atoms with Crippen LogP contribution in [0.4, 0.5) is 5.13 Å². The first-order valence-electron chi connectivity index (χ1n) is 10.8. The molecule has 2 aromatic rings. The van der Waals surface area contributed by atoms with Crippen LogP contribution in [0.3, 0.4) is 0 Å². The van der Waals surface area contributed by atoms with Crippen molar-refractivity contribution in [1.29, 1.82) is 0 Å². The summed E-state index contributed by atoms with van der Waals surface area (Å²) < 4.78 is 29.9. The Morgan fingerprint density at radius 1 is 1.19 bits per heavy atom. The number of piperidine rings is 1. The number of hydrogen-bond donors (Lipinski definition) is 1. The van der Waals surface area contributed by atoms with Crippen molar-refractivity contribution < 1.29 is 18.0 Å². The van der Waals surface area contributed by atoms with Crippen LogP contribution in [0.2, 0.25) is 0 Å². The molecule has 4 heterocycles. The number of hydrogen-bond acceptors (Lipinski definition) is 7. The van der Waals surface area contributed by atoms with E-state index in [4.69, 9.17) is 0 Å². The number of rotatable bonds is 6. The SMILES string of the molecule is Cc1nn(CC(=O)N2CCCC2)c(C)c1S(=O)(=O)N1CCC[C@@H](C(=O)Nc2nccs2)C1. The van der Waals surface area contributed by atoms with E-state index in [-0.39, 0.29) is 29.8 Å². The summed E-state index contributed by atoms with van der Waals surface area (Å²) in [5.41, 5.74) is 0.815. The van der Waals surface area contributed by atoms with Crippen LogP contribution < -0.4 is 5.32 Å². The lowest BCUT2D eigenvalue weighted by atomic mass is 9.99. The highest BCUT2D eigenvalue weighted by molar-refractivity contribution is 7.89. The maximum absolute atomic E-state index is 13.5. The Morgan fingerprint density at radius 2 is 1.94 bits per heavy atom. The number of carbonyl (C=O) groups is 2. The monoisotopic (exact) mass is 480 g/mol. The van der Waals surface area contributed by atoms with E-state index < -0.39 is 15.9 Å². The lowest BCUT2D eigenvalue weighted by Crippen LogP contribution is -2.44. The summed E-state index contributed by atoms with van der Waals surface area (Å²) in [5, 5.41) is 9.40. The second-order valence-corrected chi connectivity index (χ2v) is 11.0. The maximum Gasteiger partial charge on any atom is 0.246 e. The van der Waals surface area contributed by atoms with Gasteiger partial charge in [0.25, 0.3) is 0 Å². The second-order valence-electron chi connectivity index (χ2n) is 8.27. The molecule has 0 unspecified atom stereocenters. The number of anilines is 1. The van der Waals surface area contributed by atoms with E-state index in [0.29, 0.717) is 35.9 Å². The van der Waals surface area contributed by atoms with Gasteiger partial charge >= 0.3 is 0 Å². The van der Waals surface area contributed by atoms with Crippen LogP contribution in [0, 0.1) is 19.8 Å². The summed E-state index contributed by atoms with van der Waals surface area (Å²) in [6.45, 7) is 5.29. The van der Waals surface area contributed by atoms with Crippen molar-refractivity contribution in [1.82, 2.24) is 24.0 Å². The molecule has 1 N–H and O–H groups in total. The van der Waals surface area contributed by atoms with Gasteiger partial charge in [0, 0.05) is 37.8 Å². The number of aryl methyl sites for hydroxylation is 1. The Kier molecular flexibility index (Phi) is 6.63. The molecule has 0 spiro atoms. The van der Waals surface area contributed by atoms with Crippen molar-refractivity contribution in [2.75, 3.05) is 31.5 Å². The van der Waals surface area contributed by atoms with Gasteiger partial charge in [-0.05, 0) is 39.5 Å². The standard InChI is InChI=1S/C20H28N6O4S2/c1-14-18(15(2)26(23-14)13-17(27)24-8-3-4-9-24)32(29,30)25-10-5-6-16(12-25)19(28)22-20-21-7-11-31-20/h7,11,16H,3-6,8-10,12-13H2,1-2H3,(H,21,22,28)/t16-/m1/s1. The van der Waals surface area contributed by atoms with Gasteiger partial charge in [-0.15, -0.1) is 11.3 Å². The molecule has 2 saturated heterocycles. The number of sulfonamides is 1. The van der Waals surface area contributed by atoms with Crippen LogP contribution in [-0.4, -0.2) is 70.4 Å². The summed E-state index contributed by atoms with van der Waals surface area (Å²) >= 11 is 1.32. The van der Waals surface area contributed by atoms with Crippen molar-refractivity contribution in [3.8, 4) is 0 Å². The van der Waals surface area contributed by atoms with Crippen molar-refractivity contribution in [2.45, 2.75) is 51.0 Å². The van der Waals surface area contributed by atoms with Gasteiger partial charge in [-0.2, -0.15) is 9.40 Å². The summed E-state index contributed by atoms with van der Waals surface area (Å²) in [5.74, 6) is -0.719. The first-order chi connectivity index (χ1) is 15.3. The Bertz CT molecular complexity index is 1090. The molecule has 0 radical (unpaired) electrons. The zero-order chi connectivity index (χ0) is 22.9. The Labute approximate surface area is 191 Å². The number of nitrogens with zero attached hydrogens (tertiary/aromatic N) is 5. The topological polar surface area (TPSA) is 118 Å². The Morgan fingerprint density at radius 3 is 2.62 bits per heavy atom. The minimum Gasteiger partial charge on any atom is -0.341 e. The van der Waals surface area contributed by atoms with Crippen molar-refractivity contribution in [3.63, 3.8) is 0 Å². The minimum absolute atomic E-state index is 0.0288. The van der Waals surface area contributed by atoms with Crippen molar-refractivity contribution in [3.05, 3.63) is 23.0 Å². The highest BCUT2D eigenvalue weighted by atomic mass is 32.2. The van der Waals surface area contributed by atoms with E-state index in [9.17, 15) is 18.0 Å². The van der Waals surface area contributed by atoms with Crippen LogP contribution in [0.5, 0.6) is 0 Å². The Hall–Kier alpha value is -2.31. The number of amides is 2. The lowest BCUT2D eigenvalue weighted by Gasteiger charge is -2.31. The van der Waals surface area contributed by atoms with Gasteiger partial charge in [0.15, 0.2) is 5.13 Å². The van der Waals surface area contributed by atoms with Gasteiger partial charge < -0.3 is 10.2 Å². The summed E-state index contributed by atoms with van der Waals surface area (Å²) in [6.07, 6.45) is 4.80. The molecule has 0 aliphatic carbocycles. The smallest absolute Gasteiger partial charge is 0.246 e. The largest absolute Gasteiger partial charge is 0.341 e. The molecule has 32 heavy (non-hydrogen) atoms. The van der Waals surface area contributed by atoms with E-state index in [1.165, 1.54) is 20.3 Å². The molecule has 12 heteroatoms. The molecule has 2 aliphatic rings. The molecular formula is C20H28N6O4S2. The fourth-order valence-electron chi connectivity index (χ4n) is 4.40. The van der Waals surface area contributed by atoms with Crippen LogP contribution in [0.15, 0.2) is 16.5 Å². The van der Waals surface area contributed by atoms with E-state index in [1.54, 1.807) is 30.3 Å². The van der Waals surface area contributed by atoms with Crippen LogP contribution in [0.1, 0.15) is 37.1 Å². The summed E-state index contributed by atoms with van der Waals surface area (Å²) in [7, 11) is -3.85. The number of aromatic nitrogens is 3. The Balaban J connectivity index is 1.50. The van der Waals surface area contributed by atoms with Crippen molar-refractivity contribution >= 4 is 38.3 Å². The predicted octanol–water partition coefficient (Wildman–Crippen LogP) is 1.62. The zero-order valence-corrected chi connectivity index (χ0v) is 19.9. The average molecular weight is 481 g/mol. The molecule has 174 valence electrons. The maximum atomic E-state index is 13.5. The summed E-state index contributed by atoms with van der Waals surface area (Å²) in [6, 6.07) is 0. The highest BCUT2D eigenvalue weighted by Crippen LogP contribution is 2.28. The molecule has 2 aliphatic heterocycles. The molecule has 4 rings (SSSR count). The fourth-order valence-corrected chi connectivity index (χ4v) is 6.83. The van der Waals surface area contributed by atoms with Gasteiger partial charge in [-0.3, -0.25) is 14.3 Å². The number of carbonyl (C=O) groups excluding carboxylic acids is 2. The molecule has 2 aromatic heterocycles. The molecule has 1 atom stereocenters. The fraction of sp³-hybridized carbons (Fsp3) is 0.600. The first kappa shape index (κ1) is 22.9. The molecule has 10 nitrogen and oxygen atoms in total. The third-order valence-corrected chi connectivity index (χ3v) is 8.88.